The normalized spacial score (nSPS) is 16.9. The molecule has 4 nitrogen and oxygen atoms in total. The minimum Gasteiger partial charge on any atom is -0.481 e. The van der Waals surface area contributed by atoms with E-state index >= 15 is 0 Å². The number of rotatable bonds is 5. The largest absolute Gasteiger partial charge is 0.481 e. The maximum absolute atomic E-state index is 13.4. The Bertz CT molecular complexity index is 510. The highest BCUT2D eigenvalue weighted by Gasteiger charge is 2.42. The highest BCUT2D eigenvalue weighted by molar-refractivity contribution is 5.88. The highest BCUT2D eigenvalue weighted by Crippen LogP contribution is 2.41. The second-order valence-electron chi connectivity index (χ2n) is 5.20. The van der Waals surface area contributed by atoms with Gasteiger partial charge in [-0.25, -0.2) is 4.39 Å². The standard InChI is InChI=1S/C15H18FNO3/c16-12-5-3-4-11(10-12)15(7-1-2-8-15)14(20)17-9-6-13(18)19/h3-5,10H,1-2,6-9H2,(H,17,20)(H,18,19). The molecule has 2 N–H and O–H groups in total. The number of aliphatic carboxylic acids is 1. The number of carbonyl (C=O) groups is 2. The molecule has 5 heteroatoms. The smallest absolute Gasteiger partial charge is 0.305 e. The van der Waals surface area contributed by atoms with Crippen molar-refractivity contribution in [1.29, 1.82) is 0 Å². The van der Waals surface area contributed by atoms with Gasteiger partial charge in [0.15, 0.2) is 0 Å². The number of carboxylic acids is 1. The van der Waals surface area contributed by atoms with Crippen molar-refractivity contribution in [3.05, 3.63) is 35.6 Å². The van der Waals surface area contributed by atoms with Crippen molar-refractivity contribution in [3.8, 4) is 0 Å². The summed E-state index contributed by atoms with van der Waals surface area (Å²) in [7, 11) is 0. The van der Waals surface area contributed by atoms with Crippen LogP contribution in [0.3, 0.4) is 0 Å². The fraction of sp³-hybridized carbons (Fsp3) is 0.467. The van der Waals surface area contributed by atoms with E-state index in [0.29, 0.717) is 18.4 Å². The molecule has 20 heavy (non-hydrogen) atoms. The molecule has 0 bridgehead atoms. The Hall–Kier alpha value is -1.91. The van der Waals surface area contributed by atoms with Crippen LogP contribution in [-0.2, 0) is 15.0 Å². The molecule has 0 spiro atoms. The van der Waals surface area contributed by atoms with Crippen LogP contribution < -0.4 is 5.32 Å². The molecular formula is C15H18FNO3. The number of nitrogens with one attached hydrogen (secondary N) is 1. The van der Waals surface area contributed by atoms with Crippen molar-refractivity contribution >= 4 is 11.9 Å². The second-order valence-corrected chi connectivity index (χ2v) is 5.20. The van der Waals surface area contributed by atoms with Crippen LogP contribution in [0.1, 0.15) is 37.7 Å². The molecule has 0 atom stereocenters. The Labute approximate surface area is 117 Å². The van der Waals surface area contributed by atoms with Crippen LogP contribution in [0.15, 0.2) is 24.3 Å². The molecule has 2 rings (SSSR count). The first-order valence-corrected chi connectivity index (χ1v) is 6.81. The monoisotopic (exact) mass is 279 g/mol. The lowest BCUT2D eigenvalue weighted by atomic mass is 9.78. The summed E-state index contributed by atoms with van der Waals surface area (Å²) in [5, 5.41) is 11.3. The molecule has 1 amide bonds. The van der Waals surface area contributed by atoms with E-state index in [1.165, 1.54) is 12.1 Å². The lowest BCUT2D eigenvalue weighted by Crippen LogP contribution is -2.43. The lowest BCUT2D eigenvalue weighted by molar-refractivity contribution is -0.137. The predicted molar refractivity (Wildman–Crippen MR) is 71.8 cm³/mol. The minimum absolute atomic E-state index is 0.102. The van der Waals surface area contributed by atoms with Crippen LogP contribution in [0.25, 0.3) is 0 Å². The number of amides is 1. The Kier molecular flexibility index (Phi) is 4.37. The Morgan fingerprint density at radius 1 is 1.30 bits per heavy atom. The molecular weight excluding hydrogens is 261 g/mol. The van der Waals surface area contributed by atoms with Crippen LogP contribution in [0.2, 0.25) is 0 Å². The number of hydrogen-bond acceptors (Lipinski definition) is 2. The van der Waals surface area contributed by atoms with Gasteiger partial charge in [0.05, 0.1) is 11.8 Å². The molecule has 0 aromatic heterocycles. The van der Waals surface area contributed by atoms with Gasteiger partial charge >= 0.3 is 5.97 Å². The molecule has 1 aliphatic rings. The van der Waals surface area contributed by atoms with Crippen LogP contribution in [0.5, 0.6) is 0 Å². The van der Waals surface area contributed by atoms with Gasteiger partial charge < -0.3 is 10.4 Å². The van der Waals surface area contributed by atoms with Gasteiger partial charge in [0.2, 0.25) is 5.91 Å². The molecule has 1 aromatic carbocycles. The number of halogens is 1. The SMILES string of the molecule is O=C(O)CCNC(=O)C1(c2cccc(F)c2)CCCC1. The van der Waals surface area contributed by atoms with E-state index in [1.54, 1.807) is 12.1 Å². The maximum atomic E-state index is 13.4. The van der Waals surface area contributed by atoms with Crippen molar-refractivity contribution in [1.82, 2.24) is 5.32 Å². The van der Waals surface area contributed by atoms with Gasteiger partial charge in [0, 0.05) is 6.54 Å². The van der Waals surface area contributed by atoms with E-state index in [2.05, 4.69) is 5.32 Å². The molecule has 0 radical (unpaired) electrons. The van der Waals surface area contributed by atoms with Crippen molar-refractivity contribution in [3.63, 3.8) is 0 Å². The first kappa shape index (κ1) is 14.5. The molecule has 1 aromatic rings. The zero-order chi connectivity index (χ0) is 14.6. The first-order valence-electron chi connectivity index (χ1n) is 6.81. The zero-order valence-electron chi connectivity index (χ0n) is 11.2. The summed E-state index contributed by atoms with van der Waals surface area (Å²) in [5.74, 6) is -1.49. The van der Waals surface area contributed by atoms with Crippen LogP contribution in [-0.4, -0.2) is 23.5 Å². The average molecular weight is 279 g/mol. The molecule has 0 unspecified atom stereocenters. The van der Waals surface area contributed by atoms with Crippen molar-refractivity contribution in [2.24, 2.45) is 0 Å². The number of hydrogen-bond donors (Lipinski definition) is 2. The predicted octanol–water partition coefficient (Wildman–Crippen LogP) is 2.23. The summed E-state index contributed by atoms with van der Waals surface area (Å²) in [4.78, 5) is 22.9. The summed E-state index contributed by atoms with van der Waals surface area (Å²) in [6.45, 7) is 0.102. The second kappa shape index (κ2) is 6.03. The Morgan fingerprint density at radius 2 is 2.00 bits per heavy atom. The topological polar surface area (TPSA) is 66.4 Å². The molecule has 1 fully saturated rings. The third-order valence-corrected chi connectivity index (χ3v) is 3.89. The quantitative estimate of drug-likeness (QED) is 0.868. The number of benzene rings is 1. The molecule has 0 saturated heterocycles. The molecule has 1 aliphatic carbocycles. The zero-order valence-corrected chi connectivity index (χ0v) is 11.2. The van der Waals surface area contributed by atoms with Gasteiger partial charge in [-0.1, -0.05) is 25.0 Å². The van der Waals surface area contributed by atoms with E-state index in [1.807, 2.05) is 0 Å². The van der Waals surface area contributed by atoms with E-state index in [9.17, 15) is 14.0 Å². The first-order chi connectivity index (χ1) is 9.54. The van der Waals surface area contributed by atoms with Gasteiger partial charge in [-0.15, -0.1) is 0 Å². The Balaban J connectivity index is 2.17. The van der Waals surface area contributed by atoms with E-state index in [4.69, 9.17) is 5.11 Å². The summed E-state index contributed by atoms with van der Waals surface area (Å²) in [5.41, 5.74) is -0.0246. The third kappa shape index (κ3) is 2.98. The van der Waals surface area contributed by atoms with Crippen molar-refractivity contribution < 1.29 is 19.1 Å². The molecule has 108 valence electrons. The number of carbonyl (C=O) groups excluding carboxylic acids is 1. The van der Waals surface area contributed by atoms with E-state index < -0.39 is 11.4 Å². The third-order valence-electron chi connectivity index (χ3n) is 3.89. The molecule has 0 aliphatic heterocycles. The Morgan fingerprint density at radius 3 is 2.60 bits per heavy atom. The van der Waals surface area contributed by atoms with Crippen LogP contribution in [0.4, 0.5) is 4.39 Å². The van der Waals surface area contributed by atoms with Gasteiger partial charge in [-0.05, 0) is 30.5 Å². The fourth-order valence-electron chi connectivity index (χ4n) is 2.86. The van der Waals surface area contributed by atoms with E-state index in [-0.39, 0.29) is 24.7 Å². The minimum atomic E-state index is -0.948. The van der Waals surface area contributed by atoms with Crippen LogP contribution >= 0.6 is 0 Å². The van der Waals surface area contributed by atoms with Crippen LogP contribution in [0, 0.1) is 5.82 Å². The molecule has 0 heterocycles. The number of carboxylic acid groups (broad SMARTS) is 1. The average Bonchev–Trinajstić information content (AvgIpc) is 2.88. The summed E-state index contributed by atoms with van der Waals surface area (Å²) in [6, 6.07) is 6.14. The summed E-state index contributed by atoms with van der Waals surface area (Å²) in [6.07, 6.45) is 3.08. The highest BCUT2D eigenvalue weighted by atomic mass is 19.1. The van der Waals surface area contributed by atoms with E-state index in [0.717, 1.165) is 12.8 Å². The van der Waals surface area contributed by atoms with Gasteiger partial charge in [-0.3, -0.25) is 9.59 Å². The maximum Gasteiger partial charge on any atom is 0.305 e. The van der Waals surface area contributed by atoms with Crippen molar-refractivity contribution in [2.75, 3.05) is 6.54 Å². The molecule has 1 saturated carbocycles. The van der Waals surface area contributed by atoms with Gasteiger partial charge in [0.1, 0.15) is 5.82 Å². The van der Waals surface area contributed by atoms with Gasteiger partial charge in [-0.2, -0.15) is 0 Å². The van der Waals surface area contributed by atoms with Crippen molar-refractivity contribution in [2.45, 2.75) is 37.5 Å². The summed E-state index contributed by atoms with van der Waals surface area (Å²) < 4.78 is 13.4. The van der Waals surface area contributed by atoms with Gasteiger partial charge in [0.25, 0.3) is 0 Å². The lowest BCUT2D eigenvalue weighted by Gasteiger charge is -2.28. The fourth-order valence-corrected chi connectivity index (χ4v) is 2.86. The summed E-state index contributed by atoms with van der Waals surface area (Å²) >= 11 is 0.